The third kappa shape index (κ3) is 4.97. The van der Waals surface area contributed by atoms with Crippen molar-refractivity contribution in [2.75, 3.05) is 5.73 Å². The summed E-state index contributed by atoms with van der Waals surface area (Å²) in [4.78, 5) is 12.5. The van der Waals surface area contributed by atoms with Crippen molar-refractivity contribution in [3.63, 3.8) is 0 Å². The molecule has 0 aromatic heterocycles. The monoisotopic (exact) mass is 466 g/mol. The van der Waals surface area contributed by atoms with E-state index in [-0.39, 0.29) is 12.5 Å². The lowest BCUT2D eigenvalue weighted by molar-refractivity contribution is -0.143. The number of hydrogen-bond acceptors (Lipinski definition) is 2. The summed E-state index contributed by atoms with van der Waals surface area (Å²) >= 11 is 0. The lowest BCUT2D eigenvalue weighted by Gasteiger charge is -2.29. The highest BCUT2D eigenvalue weighted by Gasteiger charge is 2.41. The molecular formula is C24H20F6N2O. The molecule has 0 fully saturated rings. The molecule has 0 heterocycles. The molecule has 3 rings (SSSR count). The Balaban J connectivity index is 2.21. The molecule has 1 unspecified atom stereocenters. The first kappa shape index (κ1) is 24.2. The van der Waals surface area contributed by atoms with Crippen molar-refractivity contribution in [1.29, 1.82) is 0 Å². The van der Waals surface area contributed by atoms with E-state index in [1.165, 1.54) is 6.92 Å². The fraction of sp³-hybridized carbons (Fsp3) is 0.208. The number of halogens is 6. The Bertz CT molecular complexity index is 1150. The van der Waals surface area contributed by atoms with Gasteiger partial charge in [-0.05, 0) is 54.3 Å². The molecule has 0 aliphatic carbocycles. The van der Waals surface area contributed by atoms with Gasteiger partial charge in [0.05, 0.1) is 16.5 Å². The standard InChI is InChI=1S/C24H20F6N2O/c1-22(21(32)33,15-10-16(23(25,26)27)12-17(11-15)24(28,29)30)13-14-6-2-3-7-18(14)19-8-4-5-9-20(19)31/h2-12H,13,31H2,1H3,(H2,32,33). The van der Waals surface area contributed by atoms with E-state index >= 15 is 0 Å². The van der Waals surface area contributed by atoms with Gasteiger partial charge >= 0.3 is 12.4 Å². The van der Waals surface area contributed by atoms with Crippen molar-refractivity contribution in [1.82, 2.24) is 0 Å². The number of hydrogen-bond donors (Lipinski definition) is 2. The summed E-state index contributed by atoms with van der Waals surface area (Å²) in [7, 11) is 0. The van der Waals surface area contributed by atoms with Gasteiger partial charge in [-0.1, -0.05) is 42.5 Å². The number of alkyl halides is 6. The Morgan fingerprint density at radius 2 is 1.21 bits per heavy atom. The Morgan fingerprint density at radius 1 is 0.758 bits per heavy atom. The Morgan fingerprint density at radius 3 is 1.70 bits per heavy atom. The number of para-hydroxylation sites is 1. The number of nitrogen functional groups attached to an aromatic ring is 1. The molecule has 4 N–H and O–H groups in total. The summed E-state index contributed by atoms with van der Waals surface area (Å²) in [6.45, 7) is 1.23. The molecule has 33 heavy (non-hydrogen) atoms. The molecule has 0 saturated heterocycles. The summed E-state index contributed by atoms with van der Waals surface area (Å²) < 4.78 is 80.3. The molecule has 0 saturated carbocycles. The number of carbonyl (C=O) groups is 1. The van der Waals surface area contributed by atoms with E-state index in [0.717, 1.165) is 0 Å². The van der Waals surface area contributed by atoms with Crippen LogP contribution in [-0.4, -0.2) is 5.91 Å². The Labute approximate surface area is 186 Å². The van der Waals surface area contributed by atoms with Gasteiger partial charge in [-0.2, -0.15) is 26.3 Å². The van der Waals surface area contributed by atoms with E-state index in [0.29, 0.717) is 34.5 Å². The molecule has 0 spiro atoms. The molecule has 9 heteroatoms. The first-order chi connectivity index (χ1) is 15.2. The number of anilines is 1. The molecule has 0 bridgehead atoms. The van der Waals surface area contributed by atoms with E-state index < -0.39 is 40.4 Å². The van der Waals surface area contributed by atoms with Crippen LogP contribution in [0.1, 0.15) is 29.2 Å². The second-order valence-electron chi connectivity index (χ2n) is 7.91. The molecule has 0 aliphatic rings. The van der Waals surface area contributed by atoms with Crippen LogP contribution in [0.25, 0.3) is 11.1 Å². The first-order valence-corrected chi connectivity index (χ1v) is 9.76. The zero-order valence-corrected chi connectivity index (χ0v) is 17.4. The number of rotatable bonds is 5. The van der Waals surface area contributed by atoms with Crippen LogP contribution in [0.15, 0.2) is 66.7 Å². The zero-order valence-electron chi connectivity index (χ0n) is 17.4. The van der Waals surface area contributed by atoms with E-state index in [9.17, 15) is 31.1 Å². The van der Waals surface area contributed by atoms with Gasteiger partial charge in [-0.15, -0.1) is 0 Å². The molecule has 3 nitrogen and oxygen atoms in total. The number of carbonyl (C=O) groups excluding carboxylic acids is 1. The molecule has 1 atom stereocenters. The second-order valence-corrected chi connectivity index (χ2v) is 7.91. The second kappa shape index (κ2) is 8.46. The summed E-state index contributed by atoms with van der Waals surface area (Å²) in [6, 6.07) is 14.6. The SMILES string of the molecule is CC(Cc1ccccc1-c1ccccc1N)(C(N)=O)c1cc(C(F)(F)F)cc(C(F)(F)F)c1. The quantitative estimate of drug-likeness (QED) is 0.360. The normalized spacial score (nSPS) is 14.0. The average Bonchev–Trinajstić information content (AvgIpc) is 2.73. The minimum Gasteiger partial charge on any atom is -0.398 e. The van der Waals surface area contributed by atoms with Crippen LogP contribution in [0, 0.1) is 0 Å². The number of primary amides is 1. The lowest BCUT2D eigenvalue weighted by Crippen LogP contribution is -2.41. The predicted octanol–water partition coefficient (Wildman–Crippen LogP) is 5.96. The number of nitrogens with two attached hydrogens (primary N) is 2. The lowest BCUT2D eigenvalue weighted by atomic mass is 9.74. The molecule has 0 aliphatic heterocycles. The molecular weight excluding hydrogens is 446 g/mol. The van der Waals surface area contributed by atoms with Crippen LogP contribution in [0.4, 0.5) is 32.0 Å². The minimum atomic E-state index is -5.05. The number of amides is 1. The van der Waals surface area contributed by atoms with Crippen LogP contribution >= 0.6 is 0 Å². The van der Waals surface area contributed by atoms with Gasteiger partial charge in [0.15, 0.2) is 0 Å². The van der Waals surface area contributed by atoms with E-state index in [1.54, 1.807) is 48.5 Å². The predicted molar refractivity (Wildman–Crippen MR) is 113 cm³/mol. The highest BCUT2D eigenvalue weighted by atomic mass is 19.4. The highest BCUT2D eigenvalue weighted by Crippen LogP contribution is 2.41. The molecule has 3 aromatic carbocycles. The fourth-order valence-electron chi connectivity index (χ4n) is 3.67. The molecule has 0 radical (unpaired) electrons. The van der Waals surface area contributed by atoms with Gasteiger partial charge < -0.3 is 11.5 Å². The highest BCUT2D eigenvalue weighted by molar-refractivity contribution is 5.88. The van der Waals surface area contributed by atoms with E-state index in [4.69, 9.17) is 11.5 Å². The average molecular weight is 466 g/mol. The van der Waals surface area contributed by atoms with Gasteiger partial charge in [0.2, 0.25) is 5.91 Å². The molecule has 1 amide bonds. The third-order valence-corrected chi connectivity index (χ3v) is 5.58. The van der Waals surface area contributed by atoms with Crippen LogP contribution in [-0.2, 0) is 29.0 Å². The van der Waals surface area contributed by atoms with Crippen molar-refractivity contribution in [3.8, 4) is 11.1 Å². The van der Waals surface area contributed by atoms with Crippen molar-refractivity contribution in [2.24, 2.45) is 5.73 Å². The van der Waals surface area contributed by atoms with Crippen molar-refractivity contribution in [2.45, 2.75) is 31.1 Å². The largest absolute Gasteiger partial charge is 0.416 e. The minimum absolute atomic E-state index is 0.0174. The summed E-state index contributed by atoms with van der Waals surface area (Å²) in [6.07, 6.45) is -10.3. The van der Waals surface area contributed by atoms with E-state index in [2.05, 4.69) is 0 Å². The van der Waals surface area contributed by atoms with Gasteiger partial charge in [0, 0.05) is 11.3 Å². The first-order valence-electron chi connectivity index (χ1n) is 9.76. The van der Waals surface area contributed by atoms with Crippen LogP contribution in [0.5, 0.6) is 0 Å². The maximum absolute atomic E-state index is 13.4. The van der Waals surface area contributed by atoms with Crippen LogP contribution in [0.3, 0.4) is 0 Å². The van der Waals surface area contributed by atoms with Gasteiger partial charge in [0.25, 0.3) is 0 Å². The maximum atomic E-state index is 13.4. The van der Waals surface area contributed by atoms with Gasteiger partial charge in [-0.3, -0.25) is 4.79 Å². The smallest absolute Gasteiger partial charge is 0.398 e. The van der Waals surface area contributed by atoms with Gasteiger partial charge in [0.1, 0.15) is 0 Å². The van der Waals surface area contributed by atoms with E-state index in [1.807, 2.05) is 0 Å². The number of benzene rings is 3. The fourth-order valence-corrected chi connectivity index (χ4v) is 3.67. The summed E-state index contributed by atoms with van der Waals surface area (Å²) in [5, 5.41) is 0. The molecule has 174 valence electrons. The van der Waals surface area contributed by atoms with Crippen molar-refractivity contribution in [3.05, 3.63) is 89.0 Å². The maximum Gasteiger partial charge on any atom is 0.416 e. The van der Waals surface area contributed by atoms with Crippen molar-refractivity contribution < 1.29 is 31.1 Å². The third-order valence-electron chi connectivity index (χ3n) is 5.58. The topological polar surface area (TPSA) is 69.1 Å². The van der Waals surface area contributed by atoms with Crippen LogP contribution < -0.4 is 11.5 Å². The zero-order chi connectivity index (χ0) is 24.6. The van der Waals surface area contributed by atoms with Crippen LogP contribution in [0.2, 0.25) is 0 Å². The summed E-state index contributed by atoms with van der Waals surface area (Å²) in [5.41, 5.74) is 8.34. The summed E-state index contributed by atoms with van der Waals surface area (Å²) in [5.74, 6) is -1.06. The van der Waals surface area contributed by atoms with Crippen molar-refractivity contribution >= 4 is 11.6 Å². The molecule has 3 aromatic rings. The van der Waals surface area contributed by atoms with Gasteiger partial charge in [-0.25, -0.2) is 0 Å². The Kier molecular flexibility index (Phi) is 6.19. The Hall–Kier alpha value is -3.49.